The molecule has 1 unspecified atom stereocenters. The third-order valence-corrected chi connectivity index (χ3v) is 2.65. The van der Waals surface area contributed by atoms with Crippen LogP contribution in [-0.4, -0.2) is 34.4 Å². The van der Waals surface area contributed by atoms with Gasteiger partial charge in [0.15, 0.2) is 5.82 Å². The molecule has 0 aliphatic rings. The van der Waals surface area contributed by atoms with Crippen LogP contribution in [0.1, 0.15) is 18.8 Å². The van der Waals surface area contributed by atoms with Crippen molar-refractivity contribution in [3.8, 4) is 11.4 Å². The average Bonchev–Trinajstić information content (AvgIpc) is 2.86. The van der Waals surface area contributed by atoms with Crippen LogP contribution in [0.15, 0.2) is 18.2 Å². The first-order valence-electron chi connectivity index (χ1n) is 5.46. The molecule has 1 heterocycles. The van der Waals surface area contributed by atoms with Crippen molar-refractivity contribution < 1.29 is 9.13 Å². The minimum atomic E-state index is -0.400. The lowest BCUT2D eigenvalue weighted by Gasteiger charge is -2.11. The zero-order valence-electron chi connectivity index (χ0n) is 10.4. The van der Waals surface area contributed by atoms with Crippen molar-refractivity contribution in [2.24, 2.45) is 0 Å². The molecule has 18 heavy (non-hydrogen) atoms. The predicted octanol–water partition coefficient (Wildman–Crippen LogP) is 1.09. The lowest BCUT2D eigenvalue weighted by molar-refractivity contribution is 0.410. The highest BCUT2D eigenvalue weighted by Gasteiger charge is 2.15. The van der Waals surface area contributed by atoms with Crippen molar-refractivity contribution >= 4 is 0 Å². The molecule has 1 N–H and O–H groups in total. The van der Waals surface area contributed by atoms with Gasteiger partial charge >= 0.3 is 0 Å². The molecular formula is C11H14FN5O. The Bertz CT molecular complexity index is 542. The number of halogens is 1. The van der Waals surface area contributed by atoms with Gasteiger partial charge in [-0.2, -0.15) is 4.68 Å². The summed E-state index contributed by atoms with van der Waals surface area (Å²) in [5.41, 5.74) is 0.522. The molecule has 1 aromatic heterocycles. The fourth-order valence-electron chi connectivity index (χ4n) is 1.57. The Morgan fingerprint density at radius 2 is 2.17 bits per heavy atom. The Morgan fingerprint density at radius 1 is 1.39 bits per heavy atom. The molecular weight excluding hydrogens is 237 g/mol. The van der Waals surface area contributed by atoms with Gasteiger partial charge in [-0.05, 0) is 30.5 Å². The normalized spacial score (nSPS) is 12.4. The van der Waals surface area contributed by atoms with E-state index in [1.54, 1.807) is 13.1 Å². The number of nitrogens with one attached hydrogen (secondary N) is 1. The number of hydrogen-bond donors (Lipinski definition) is 1. The van der Waals surface area contributed by atoms with E-state index in [2.05, 4.69) is 20.8 Å². The summed E-state index contributed by atoms with van der Waals surface area (Å²) in [7, 11) is 3.28. The monoisotopic (exact) mass is 251 g/mol. The second-order valence-corrected chi connectivity index (χ2v) is 3.81. The minimum absolute atomic E-state index is 0.0470. The maximum Gasteiger partial charge on any atom is 0.173 e. The van der Waals surface area contributed by atoms with E-state index in [1.165, 1.54) is 23.9 Å². The zero-order chi connectivity index (χ0) is 13.1. The van der Waals surface area contributed by atoms with Crippen molar-refractivity contribution in [1.29, 1.82) is 0 Å². The second-order valence-electron chi connectivity index (χ2n) is 3.81. The Balaban J connectivity index is 2.48. The molecule has 1 atom stereocenters. The molecule has 2 aromatic rings. The summed E-state index contributed by atoms with van der Waals surface area (Å²) in [5.74, 6) is 0.622. The molecule has 0 amide bonds. The Hall–Kier alpha value is -2.02. The van der Waals surface area contributed by atoms with E-state index < -0.39 is 5.82 Å². The highest BCUT2D eigenvalue weighted by atomic mass is 19.1. The van der Waals surface area contributed by atoms with Gasteiger partial charge < -0.3 is 10.1 Å². The van der Waals surface area contributed by atoms with Crippen molar-refractivity contribution in [3.63, 3.8) is 0 Å². The van der Waals surface area contributed by atoms with Crippen LogP contribution in [-0.2, 0) is 0 Å². The number of rotatable bonds is 4. The van der Waals surface area contributed by atoms with E-state index in [0.29, 0.717) is 17.3 Å². The van der Waals surface area contributed by atoms with Crippen LogP contribution < -0.4 is 10.1 Å². The quantitative estimate of drug-likeness (QED) is 0.881. The average molecular weight is 251 g/mol. The van der Waals surface area contributed by atoms with E-state index in [9.17, 15) is 4.39 Å². The maximum atomic E-state index is 13.4. The van der Waals surface area contributed by atoms with Crippen LogP contribution in [0, 0.1) is 5.82 Å². The molecule has 0 fully saturated rings. The predicted molar refractivity (Wildman–Crippen MR) is 63.1 cm³/mol. The van der Waals surface area contributed by atoms with Crippen LogP contribution in [0.5, 0.6) is 5.75 Å². The van der Waals surface area contributed by atoms with Gasteiger partial charge in [0.25, 0.3) is 0 Å². The van der Waals surface area contributed by atoms with Crippen molar-refractivity contribution in [2.45, 2.75) is 13.0 Å². The van der Waals surface area contributed by atoms with Gasteiger partial charge in [-0.15, -0.1) is 5.10 Å². The molecule has 0 aliphatic carbocycles. The molecule has 0 aliphatic heterocycles. The molecule has 1 aromatic carbocycles. The number of methoxy groups -OCH3 is 1. The Kier molecular flexibility index (Phi) is 3.52. The highest BCUT2D eigenvalue weighted by Crippen LogP contribution is 2.20. The van der Waals surface area contributed by atoms with Crippen LogP contribution in [0.4, 0.5) is 4.39 Å². The van der Waals surface area contributed by atoms with Gasteiger partial charge in [0, 0.05) is 12.1 Å². The zero-order valence-corrected chi connectivity index (χ0v) is 10.4. The third-order valence-electron chi connectivity index (χ3n) is 2.65. The van der Waals surface area contributed by atoms with Gasteiger partial charge in [0.1, 0.15) is 11.6 Å². The van der Waals surface area contributed by atoms with Crippen LogP contribution in [0.2, 0.25) is 0 Å². The van der Waals surface area contributed by atoms with Crippen LogP contribution in [0.25, 0.3) is 5.69 Å². The molecule has 2 rings (SSSR count). The third kappa shape index (κ3) is 2.30. The lowest BCUT2D eigenvalue weighted by atomic mass is 10.2. The lowest BCUT2D eigenvalue weighted by Crippen LogP contribution is -2.17. The molecule has 0 spiro atoms. The SMILES string of the molecule is CNC(C)c1nnnn1-c1cc(F)cc(OC)c1. The number of nitrogens with zero attached hydrogens (tertiary/aromatic N) is 4. The van der Waals surface area contributed by atoms with Gasteiger partial charge in [0.2, 0.25) is 0 Å². The van der Waals surface area contributed by atoms with E-state index in [-0.39, 0.29) is 6.04 Å². The number of tetrazole rings is 1. The number of benzene rings is 1. The Morgan fingerprint density at radius 3 is 2.83 bits per heavy atom. The summed E-state index contributed by atoms with van der Waals surface area (Å²) in [6, 6.07) is 4.28. The summed E-state index contributed by atoms with van der Waals surface area (Å²) in [5, 5.41) is 14.4. The van der Waals surface area contributed by atoms with E-state index in [0.717, 1.165) is 0 Å². The first kappa shape index (κ1) is 12.4. The molecule has 0 bridgehead atoms. The summed E-state index contributed by atoms with van der Waals surface area (Å²) in [6.07, 6.45) is 0. The van der Waals surface area contributed by atoms with Crippen LogP contribution >= 0.6 is 0 Å². The summed E-state index contributed by atoms with van der Waals surface area (Å²) < 4.78 is 19.9. The summed E-state index contributed by atoms with van der Waals surface area (Å²) >= 11 is 0. The van der Waals surface area contributed by atoms with Gasteiger partial charge in [-0.3, -0.25) is 0 Å². The molecule has 0 saturated heterocycles. The summed E-state index contributed by atoms with van der Waals surface area (Å²) in [6.45, 7) is 1.92. The van der Waals surface area contributed by atoms with Crippen LogP contribution in [0.3, 0.4) is 0 Å². The van der Waals surface area contributed by atoms with E-state index in [1.807, 2.05) is 6.92 Å². The fraction of sp³-hybridized carbons (Fsp3) is 0.364. The number of aromatic nitrogens is 4. The first-order chi connectivity index (χ1) is 8.65. The second kappa shape index (κ2) is 5.09. The minimum Gasteiger partial charge on any atom is -0.497 e. The Labute approximate surface area is 104 Å². The maximum absolute atomic E-state index is 13.4. The molecule has 7 heteroatoms. The first-order valence-corrected chi connectivity index (χ1v) is 5.46. The topological polar surface area (TPSA) is 64.9 Å². The number of ether oxygens (including phenoxy) is 1. The molecule has 6 nitrogen and oxygen atoms in total. The van der Waals surface area contributed by atoms with Gasteiger partial charge in [-0.1, -0.05) is 0 Å². The highest BCUT2D eigenvalue weighted by molar-refractivity contribution is 5.39. The van der Waals surface area contributed by atoms with Crippen molar-refractivity contribution in [1.82, 2.24) is 25.5 Å². The smallest absolute Gasteiger partial charge is 0.173 e. The molecule has 0 radical (unpaired) electrons. The fourth-order valence-corrected chi connectivity index (χ4v) is 1.57. The largest absolute Gasteiger partial charge is 0.497 e. The number of hydrogen-bond acceptors (Lipinski definition) is 5. The standard InChI is InChI=1S/C11H14FN5O/c1-7(13-2)11-14-15-16-17(11)9-4-8(12)5-10(6-9)18-3/h4-7,13H,1-3H3. The molecule has 96 valence electrons. The van der Waals surface area contributed by atoms with E-state index >= 15 is 0 Å². The van der Waals surface area contributed by atoms with Crippen molar-refractivity contribution in [3.05, 3.63) is 29.8 Å². The van der Waals surface area contributed by atoms with Gasteiger partial charge in [-0.25, -0.2) is 4.39 Å². The van der Waals surface area contributed by atoms with Gasteiger partial charge in [0.05, 0.1) is 18.8 Å². The molecule has 0 saturated carbocycles. The van der Waals surface area contributed by atoms with E-state index in [4.69, 9.17) is 4.74 Å². The summed E-state index contributed by atoms with van der Waals surface area (Å²) in [4.78, 5) is 0. The van der Waals surface area contributed by atoms with Crippen molar-refractivity contribution in [2.75, 3.05) is 14.2 Å².